The van der Waals surface area contributed by atoms with Crippen LogP contribution >= 0.6 is 0 Å². The first-order valence-electron chi connectivity index (χ1n) is 5.50. The summed E-state index contributed by atoms with van der Waals surface area (Å²) < 4.78 is 10.4. The quantitative estimate of drug-likeness (QED) is 0.779. The van der Waals surface area contributed by atoms with Crippen molar-refractivity contribution in [2.45, 2.75) is 6.61 Å². The van der Waals surface area contributed by atoms with Crippen molar-refractivity contribution in [1.29, 1.82) is 0 Å². The second-order valence-corrected chi connectivity index (χ2v) is 3.78. The van der Waals surface area contributed by atoms with Crippen molar-refractivity contribution in [3.05, 3.63) is 35.9 Å². The second-order valence-electron chi connectivity index (χ2n) is 3.78. The smallest absolute Gasteiger partial charge is 0.415 e. The van der Waals surface area contributed by atoms with Gasteiger partial charge in [0.1, 0.15) is 19.7 Å². The SMILES string of the molecule is O=C(OCc1ccccc1)[NH+]1CCOCC1. The van der Waals surface area contributed by atoms with Crippen LogP contribution in [-0.4, -0.2) is 32.4 Å². The zero-order chi connectivity index (χ0) is 11.2. The molecule has 0 spiro atoms. The molecule has 0 radical (unpaired) electrons. The van der Waals surface area contributed by atoms with Gasteiger partial charge in [0.25, 0.3) is 0 Å². The number of morpholine rings is 1. The van der Waals surface area contributed by atoms with Crippen molar-refractivity contribution in [2.24, 2.45) is 0 Å². The van der Waals surface area contributed by atoms with Crippen LogP contribution in [0.2, 0.25) is 0 Å². The van der Waals surface area contributed by atoms with E-state index < -0.39 is 0 Å². The van der Waals surface area contributed by atoms with Crippen LogP contribution in [0.3, 0.4) is 0 Å². The van der Waals surface area contributed by atoms with Gasteiger partial charge in [-0.05, 0) is 5.56 Å². The van der Waals surface area contributed by atoms with Crippen LogP contribution < -0.4 is 4.90 Å². The second kappa shape index (κ2) is 5.63. The van der Waals surface area contributed by atoms with Crippen LogP contribution in [0.15, 0.2) is 30.3 Å². The van der Waals surface area contributed by atoms with Gasteiger partial charge in [0.2, 0.25) is 0 Å². The summed E-state index contributed by atoms with van der Waals surface area (Å²) in [6.07, 6.45) is -0.174. The monoisotopic (exact) mass is 222 g/mol. The predicted octanol–water partition coefficient (Wildman–Crippen LogP) is 0.238. The average Bonchev–Trinajstić information content (AvgIpc) is 2.38. The van der Waals surface area contributed by atoms with Crippen LogP contribution in [0.5, 0.6) is 0 Å². The number of carbonyl (C=O) groups is 1. The first-order valence-corrected chi connectivity index (χ1v) is 5.50. The molecule has 4 nitrogen and oxygen atoms in total. The molecular weight excluding hydrogens is 206 g/mol. The van der Waals surface area contributed by atoms with E-state index in [4.69, 9.17) is 9.47 Å². The number of nitrogens with one attached hydrogen (secondary N) is 1. The van der Waals surface area contributed by atoms with E-state index in [-0.39, 0.29) is 6.09 Å². The molecule has 0 saturated carbocycles. The summed E-state index contributed by atoms with van der Waals surface area (Å²) in [5, 5.41) is 0. The highest BCUT2D eigenvalue weighted by atomic mass is 16.6. The first kappa shape index (κ1) is 11.1. The highest BCUT2D eigenvalue weighted by molar-refractivity contribution is 5.56. The zero-order valence-electron chi connectivity index (χ0n) is 9.15. The Balaban J connectivity index is 1.79. The van der Waals surface area contributed by atoms with E-state index in [1.165, 1.54) is 0 Å². The molecule has 0 bridgehead atoms. The summed E-state index contributed by atoms with van der Waals surface area (Å²) >= 11 is 0. The number of rotatable bonds is 2. The third-order valence-electron chi connectivity index (χ3n) is 2.60. The van der Waals surface area contributed by atoms with E-state index in [1.807, 2.05) is 30.3 Å². The van der Waals surface area contributed by atoms with Gasteiger partial charge in [-0.1, -0.05) is 30.3 Å². The Morgan fingerprint density at radius 1 is 1.25 bits per heavy atom. The molecular formula is C12H16NO3+. The Labute approximate surface area is 94.8 Å². The normalized spacial score (nSPS) is 17.0. The fourth-order valence-electron chi connectivity index (χ4n) is 1.65. The lowest BCUT2D eigenvalue weighted by Gasteiger charge is -2.20. The van der Waals surface area contributed by atoms with Gasteiger partial charge in [-0.15, -0.1) is 0 Å². The summed E-state index contributed by atoms with van der Waals surface area (Å²) in [7, 11) is 0. The van der Waals surface area contributed by atoms with Gasteiger partial charge in [0.05, 0.1) is 13.2 Å². The molecule has 16 heavy (non-hydrogen) atoms. The minimum atomic E-state index is -0.174. The lowest BCUT2D eigenvalue weighted by molar-refractivity contribution is -0.834. The maximum Gasteiger partial charge on any atom is 0.514 e. The molecule has 86 valence electrons. The lowest BCUT2D eigenvalue weighted by atomic mass is 10.2. The topological polar surface area (TPSA) is 40.0 Å². The summed E-state index contributed by atoms with van der Waals surface area (Å²) in [5.41, 5.74) is 1.02. The van der Waals surface area contributed by atoms with Crippen molar-refractivity contribution in [1.82, 2.24) is 0 Å². The summed E-state index contributed by atoms with van der Waals surface area (Å²) in [6, 6.07) is 9.71. The Bertz CT molecular complexity index is 333. The Kier molecular flexibility index (Phi) is 3.91. The Morgan fingerprint density at radius 3 is 2.62 bits per heavy atom. The van der Waals surface area contributed by atoms with Crippen LogP contribution in [0.1, 0.15) is 5.56 Å². The maximum atomic E-state index is 11.7. The van der Waals surface area contributed by atoms with Gasteiger partial charge in [-0.3, -0.25) is 0 Å². The number of hydrogen-bond acceptors (Lipinski definition) is 3. The maximum absolute atomic E-state index is 11.7. The molecule has 1 saturated heterocycles. The molecule has 1 N–H and O–H groups in total. The summed E-state index contributed by atoms with van der Waals surface area (Å²) in [4.78, 5) is 12.5. The number of quaternary nitrogens is 1. The molecule has 1 aromatic rings. The zero-order valence-corrected chi connectivity index (χ0v) is 9.15. The van der Waals surface area contributed by atoms with E-state index in [2.05, 4.69) is 0 Å². The molecule has 0 aliphatic carbocycles. The molecule has 0 unspecified atom stereocenters. The molecule has 1 aliphatic heterocycles. The number of hydrogen-bond donors (Lipinski definition) is 1. The highest BCUT2D eigenvalue weighted by Gasteiger charge is 2.23. The molecule has 0 atom stereocenters. The number of carbonyl (C=O) groups excluding carboxylic acids is 1. The number of amides is 1. The van der Waals surface area contributed by atoms with Gasteiger partial charge >= 0.3 is 6.09 Å². The standard InChI is InChI=1S/C12H15NO3/c14-12(13-6-8-15-9-7-13)16-10-11-4-2-1-3-5-11/h1-5H,6-10H2/p+1. The van der Waals surface area contributed by atoms with Gasteiger partial charge in [-0.2, -0.15) is 4.79 Å². The third-order valence-corrected chi connectivity index (χ3v) is 2.60. The van der Waals surface area contributed by atoms with E-state index in [1.54, 1.807) is 0 Å². The molecule has 1 fully saturated rings. The van der Waals surface area contributed by atoms with Crippen molar-refractivity contribution >= 4 is 6.09 Å². The predicted molar refractivity (Wildman–Crippen MR) is 58.1 cm³/mol. The number of ether oxygens (including phenoxy) is 2. The average molecular weight is 222 g/mol. The van der Waals surface area contributed by atoms with E-state index in [0.29, 0.717) is 32.9 Å². The van der Waals surface area contributed by atoms with E-state index in [0.717, 1.165) is 10.5 Å². The van der Waals surface area contributed by atoms with Crippen molar-refractivity contribution in [3.8, 4) is 0 Å². The van der Waals surface area contributed by atoms with Gasteiger partial charge in [-0.25, -0.2) is 4.90 Å². The van der Waals surface area contributed by atoms with Crippen molar-refractivity contribution in [2.75, 3.05) is 26.3 Å². The Hall–Kier alpha value is -1.39. The van der Waals surface area contributed by atoms with Crippen molar-refractivity contribution in [3.63, 3.8) is 0 Å². The number of alkyl carbamates (subject to hydrolysis) is 2. The molecule has 0 aromatic heterocycles. The van der Waals surface area contributed by atoms with Gasteiger partial charge in [0.15, 0.2) is 0 Å². The summed E-state index contributed by atoms with van der Waals surface area (Å²) in [6.45, 7) is 3.02. The van der Waals surface area contributed by atoms with Crippen molar-refractivity contribution < 1.29 is 19.2 Å². The first-order chi connectivity index (χ1) is 7.86. The van der Waals surface area contributed by atoms with Crippen LogP contribution in [-0.2, 0) is 16.1 Å². The van der Waals surface area contributed by atoms with E-state index >= 15 is 0 Å². The highest BCUT2D eigenvalue weighted by Crippen LogP contribution is 1.99. The molecule has 1 amide bonds. The molecule has 1 heterocycles. The van der Waals surface area contributed by atoms with E-state index in [9.17, 15) is 4.79 Å². The van der Waals surface area contributed by atoms with Gasteiger partial charge < -0.3 is 9.47 Å². The minimum Gasteiger partial charge on any atom is -0.415 e. The van der Waals surface area contributed by atoms with Crippen LogP contribution in [0.25, 0.3) is 0 Å². The van der Waals surface area contributed by atoms with Crippen LogP contribution in [0.4, 0.5) is 4.79 Å². The fraction of sp³-hybridized carbons (Fsp3) is 0.417. The number of benzene rings is 1. The molecule has 4 heteroatoms. The molecule has 2 rings (SSSR count). The van der Waals surface area contributed by atoms with Gasteiger partial charge in [0, 0.05) is 0 Å². The molecule has 1 aliphatic rings. The van der Waals surface area contributed by atoms with Crippen LogP contribution in [0, 0.1) is 0 Å². The third kappa shape index (κ3) is 3.05. The summed E-state index contributed by atoms with van der Waals surface area (Å²) in [5.74, 6) is 0. The lowest BCUT2D eigenvalue weighted by Crippen LogP contribution is -3.16. The minimum absolute atomic E-state index is 0.174. The largest absolute Gasteiger partial charge is 0.514 e. The molecule has 1 aromatic carbocycles. The fourth-order valence-corrected chi connectivity index (χ4v) is 1.65. The Morgan fingerprint density at radius 2 is 1.94 bits per heavy atom.